The second-order valence-corrected chi connectivity index (χ2v) is 5.08. The van der Waals surface area contributed by atoms with Crippen LogP contribution in [0.3, 0.4) is 0 Å². The Kier molecular flexibility index (Phi) is 5.57. The zero-order valence-electron chi connectivity index (χ0n) is 11.8. The molecule has 1 atom stereocenters. The molecule has 2 rings (SSSR count). The third-order valence-electron chi connectivity index (χ3n) is 3.40. The highest BCUT2D eigenvalue weighted by atomic mass is 16.5. The van der Waals surface area contributed by atoms with Gasteiger partial charge in [0.15, 0.2) is 0 Å². The Hall–Kier alpha value is -2.08. The number of amides is 2. The van der Waals surface area contributed by atoms with Gasteiger partial charge in [-0.2, -0.15) is 0 Å². The van der Waals surface area contributed by atoms with E-state index in [4.69, 9.17) is 9.84 Å². The van der Waals surface area contributed by atoms with Gasteiger partial charge in [0.2, 0.25) is 0 Å². The molecule has 1 saturated heterocycles. The number of hydrogen-bond acceptors (Lipinski definition) is 3. The van der Waals surface area contributed by atoms with E-state index in [-0.39, 0.29) is 6.54 Å². The number of nitrogens with one attached hydrogen (secondary N) is 1. The van der Waals surface area contributed by atoms with Crippen LogP contribution in [-0.4, -0.2) is 43.4 Å². The van der Waals surface area contributed by atoms with E-state index in [0.717, 1.165) is 19.4 Å². The summed E-state index contributed by atoms with van der Waals surface area (Å²) in [5.74, 6) is -0.750. The van der Waals surface area contributed by atoms with E-state index in [0.29, 0.717) is 24.8 Å². The molecule has 0 bridgehead atoms. The van der Waals surface area contributed by atoms with Gasteiger partial charge in [-0.05, 0) is 30.9 Å². The Morgan fingerprint density at radius 2 is 2.10 bits per heavy atom. The summed E-state index contributed by atoms with van der Waals surface area (Å²) in [7, 11) is 0. The molecule has 2 N–H and O–H groups in total. The Morgan fingerprint density at radius 1 is 1.33 bits per heavy atom. The van der Waals surface area contributed by atoms with Gasteiger partial charge in [0.1, 0.15) is 6.54 Å². The average Bonchev–Trinajstić information content (AvgIpc) is 2.52. The first-order valence-corrected chi connectivity index (χ1v) is 7.07. The van der Waals surface area contributed by atoms with Gasteiger partial charge in [0, 0.05) is 18.8 Å². The third kappa shape index (κ3) is 4.75. The van der Waals surface area contributed by atoms with Crippen molar-refractivity contribution in [2.45, 2.75) is 12.8 Å². The topological polar surface area (TPSA) is 78.9 Å². The van der Waals surface area contributed by atoms with Crippen molar-refractivity contribution in [1.82, 2.24) is 5.32 Å². The largest absolute Gasteiger partial charge is 0.480 e. The van der Waals surface area contributed by atoms with Gasteiger partial charge in [-0.25, -0.2) is 4.79 Å². The molecule has 1 aliphatic heterocycles. The van der Waals surface area contributed by atoms with E-state index in [1.54, 1.807) is 24.3 Å². The molecule has 0 spiro atoms. The Labute approximate surface area is 123 Å². The van der Waals surface area contributed by atoms with Gasteiger partial charge in [-0.3, -0.25) is 9.69 Å². The molecule has 0 aliphatic carbocycles. The third-order valence-corrected chi connectivity index (χ3v) is 3.40. The molecule has 1 unspecified atom stereocenters. The van der Waals surface area contributed by atoms with Crippen LogP contribution in [0.5, 0.6) is 0 Å². The summed E-state index contributed by atoms with van der Waals surface area (Å²) in [6.45, 7) is 1.56. The first-order chi connectivity index (χ1) is 10.2. The number of ether oxygens (including phenoxy) is 1. The number of aliphatic carboxylic acids is 1. The van der Waals surface area contributed by atoms with E-state index in [9.17, 15) is 9.59 Å². The van der Waals surface area contributed by atoms with Crippen molar-refractivity contribution in [3.63, 3.8) is 0 Å². The molecule has 1 fully saturated rings. The minimum Gasteiger partial charge on any atom is -0.480 e. The van der Waals surface area contributed by atoms with Crippen LogP contribution < -0.4 is 10.2 Å². The molecular formula is C15H20N2O4. The fourth-order valence-electron chi connectivity index (χ4n) is 2.32. The van der Waals surface area contributed by atoms with E-state index in [2.05, 4.69) is 5.32 Å². The van der Waals surface area contributed by atoms with Crippen molar-refractivity contribution >= 4 is 17.7 Å². The van der Waals surface area contributed by atoms with Crippen LogP contribution in [0.15, 0.2) is 30.3 Å². The number of anilines is 1. The smallest absolute Gasteiger partial charge is 0.323 e. The number of benzene rings is 1. The van der Waals surface area contributed by atoms with Crippen LogP contribution in [0, 0.1) is 5.92 Å². The predicted molar refractivity (Wildman–Crippen MR) is 78.4 cm³/mol. The van der Waals surface area contributed by atoms with Crippen LogP contribution in [0.4, 0.5) is 10.5 Å². The molecule has 1 aromatic carbocycles. The monoisotopic (exact) mass is 292 g/mol. The molecule has 114 valence electrons. The summed E-state index contributed by atoms with van der Waals surface area (Å²) >= 11 is 0. The standard InChI is InChI=1S/C15H20N2O4/c18-14(19)10-17(13-6-2-1-3-7-13)15(20)16-9-12-5-4-8-21-11-12/h1-3,6-7,12H,4-5,8-11H2,(H,16,20)(H,18,19). The zero-order chi connectivity index (χ0) is 15.1. The molecule has 1 aliphatic rings. The molecule has 2 amide bonds. The van der Waals surface area contributed by atoms with Gasteiger partial charge in [0.25, 0.3) is 0 Å². The molecular weight excluding hydrogens is 272 g/mol. The lowest BCUT2D eigenvalue weighted by Crippen LogP contribution is -2.45. The first kappa shape index (κ1) is 15.3. The number of para-hydroxylation sites is 1. The SMILES string of the molecule is O=C(O)CN(C(=O)NCC1CCCOC1)c1ccccc1. The summed E-state index contributed by atoms with van der Waals surface area (Å²) in [5, 5.41) is 11.8. The van der Waals surface area contributed by atoms with Crippen molar-refractivity contribution < 1.29 is 19.4 Å². The van der Waals surface area contributed by atoms with Crippen LogP contribution in [0.2, 0.25) is 0 Å². The Morgan fingerprint density at radius 3 is 2.71 bits per heavy atom. The fourth-order valence-corrected chi connectivity index (χ4v) is 2.32. The normalized spacial score (nSPS) is 18.0. The highest BCUT2D eigenvalue weighted by molar-refractivity contribution is 5.96. The first-order valence-electron chi connectivity index (χ1n) is 7.07. The van der Waals surface area contributed by atoms with Crippen molar-refractivity contribution in [3.8, 4) is 0 Å². The predicted octanol–water partition coefficient (Wildman–Crippen LogP) is 1.71. The highest BCUT2D eigenvalue weighted by Crippen LogP contribution is 2.15. The number of urea groups is 1. The summed E-state index contributed by atoms with van der Waals surface area (Å²) in [4.78, 5) is 24.4. The molecule has 6 nitrogen and oxygen atoms in total. The number of carboxylic acid groups (broad SMARTS) is 1. The number of rotatable bonds is 5. The number of carboxylic acids is 1. The fraction of sp³-hybridized carbons (Fsp3) is 0.467. The molecule has 6 heteroatoms. The maximum absolute atomic E-state index is 12.2. The minimum atomic E-state index is -1.05. The van der Waals surface area contributed by atoms with Crippen LogP contribution in [-0.2, 0) is 9.53 Å². The van der Waals surface area contributed by atoms with E-state index < -0.39 is 12.0 Å². The number of carbonyl (C=O) groups excluding carboxylic acids is 1. The average molecular weight is 292 g/mol. The maximum atomic E-state index is 12.2. The van der Waals surface area contributed by atoms with Crippen molar-refractivity contribution in [2.75, 3.05) is 31.2 Å². The minimum absolute atomic E-state index is 0.296. The van der Waals surface area contributed by atoms with Gasteiger partial charge in [-0.15, -0.1) is 0 Å². The van der Waals surface area contributed by atoms with Crippen molar-refractivity contribution in [3.05, 3.63) is 30.3 Å². The van der Waals surface area contributed by atoms with Gasteiger partial charge in [-0.1, -0.05) is 18.2 Å². The molecule has 0 aromatic heterocycles. The van der Waals surface area contributed by atoms with Crippen molar-refractivity contribution in [1.29, 1.82) is 0 Å². The van der Waals surface area contributed by atoms with Crippen LogP contribution in [0.25, 0.3) is 0 Å². The second kappa shape index (κ2) is 7.64. The van der Waals surface area contributed by atoms with E-state index >= 15 is 0 Å². The summed E-state index contributed by atoms with van der Waals surface area (Å²) < 4.78 is 5.37. The lowest BCUT2D eigenvalue weighted by atomic mass is 10.0. The summed E-state index contributed by atoms with van der Waals surface area (Å²) in [5.41, 5.74) is 0.567. The molecule has 0 saturated carbocycles. The lowest BCUT2D eigenvalue weighted by Gasteiger charge is -2.25. The lowest BCUT2D eigenvalue weighted by molar-refractivity contribution is -0.135. The molecule has 0 radical (unpaired) electrons. The van der Waals surface area contributed by atoms with Gasteiger partial charge < -0.3 is 15.2 Å². The van der Waals surface area contributed by atoms with Crippen LogP contribution >= 0.6 is 0 Å². The second-order valence-electron chi connectivity index (χ2n) is 5.08. The number of nitrogens with zero attached hydrogens (tertiary/aromatic N) is 1. The van der Waals surface area contributed by atoms with E-state index in [1.165, 1.54) is 4.90 Å². The summed E-state index contributed by atoms with van der Waals surface area (Å²) in [6, 6.07) is 8.39. The Bertz CT molecular complexity index is 472. The van der Waals surface area contributed by atoms with Crippen LogP contribution in [0.1, 0.15) is 12.8 Å². The van der Waals surface area contributed by atoms with Gasteiger partial charge in [0.05, 0.1) is 6.61 Å². The van der Waals surface area contributed by atoms with Gasteiger partial charge >= 0.3 is 12.0 Å². The molecule has 1 heterocycles. The highest BCUT2D eigenvalue weighted by Gasteiger charge is 2.20. The van der Waals surface area contributed by atoms with Crippen molar-refractivity contribution in [2.24, 2.45) is 5.92 Å². The quantitative estimate of drug-likeness (QED) is 0.866. The summed E-state index contributed by atoms with van der Waals surface area (Å²) in [6.07, 6.45) is 2.02. The maximum Gasteiger partial charge on any atom is 0.323 e. The molecule has 21 heavy (non-hydrogen) atoms. The van der Waals surface area contributed by atoms with E-state index in [1.807, 2.05) is 6.07 Å². The number of hydrogen-bond donors (Lipinski definition) is 2. The zero-order valence-corrected chi connectivity index (χ0v) is 11.8. The number of carbonyl (C=O) groups is 2. The Balaban J connectivity index is 1.95. The molecule has 1 aromatic rings.